The molecule has 2 rings (SSSR count). The Morgan fingerprint density at radius 1 is 1.05 bits per heavy atom. The van der Waals surface area contributed by atoms with E-state index in [9.17, 15) is 0 Å². The van der Waals surface area contributed by atoms with Crippen LogP contribution in [0, 0.1) is 13.8 Å². The molecule has 0 aliphatic carbocycles. The van der Waals surface area contributed by atoms with Crippen LogP contribution >= 0.6 is 11.6 Å². The molecule has 0 unspecified atom stereocenters. The summed E-state index contributed by atoms with van der Waals surface area (Å²) in [6.07, 6.45) is 0. The Balaban J connectivity index is 2.29. The quantitative estimate of drug-likeness (QED) is 0.831. The molecular formula is C15H18ClN3. The van der Waals surface area contributed by atoms with Crippen molar-refractivity contribution < 1.29 is 0 Å². The summed E-state index contributed by atoms with van der Waals surface area (Å²) in [7, 11) is 0. The summed E-state index contributed by atoms with van der Waals surface area (Å²) < 4.78 is 0. The molecule has 0 radical (unpaired) electrons. The molecule has 1 aromatic heterocycles. The van der Waals surface area contributed by atoms with Gasteiger partial charge in [-0.15, -0.1) is 0 Å². The molecule has 0 bridgehead atoms. The minimum atomic E-state index is 0.249. The van der Waals surface area contributed by atoms with Crippen LogP contribution in [0.1, 0.15) is 36.7 Å². The van der Waals surface area contributed by atoms with Crippen molar-refractivity contribution in [2.45, 2.75) is 33.6 Å². The maximum Gasteiger partial charge on any atom is 0.135 e. The van der Waals surface area contributed by atoms with Gasteiger partial charge in [0.1, 0.15) is 16.8 Å². The number of nitrogens with zero attached hydrogens (tertiary/aromatic N) is 2. The zero-order valence-corrected chi connectivity index (χ0v) is 12.4. The molecule has 0 saturated carbocycles. The third-order valence-electron chi connectivity index (χ3n) is 3.01. The minimum Gasteiger partial charge on any atom is -0.340 e. The predicted molar refractivity (Wildman–Crippen MR) is 80.3 cm³/mol. The fourth-order valence-electron chi connectivity index (χ4n) is 1.72. The van der Waals surface area contributed by atoms with Crippen LogP contribution in [-0.4, -0.2) is 9.97 Å². The number of hydrogen-bond acceptors (Lipinski definition) is 3. The van der Waals surface area contributed by atoms with Gasteiger partial charge in [-0.05, 0) is 37.1 Å². The van der Waals surface area contributed by atoms with E-state index in [1.807, 2.05) is 19.9 Å². The van der Waals surface area contributed by atoms with E-state index in [4.69, 9.17) is 11.6 Å². The van der Waals surface area contributed by atoms with Gasteiger partial charge in [0.2, 0.25) is 0 Å². The zero-order chi connectivity index (χ0) is 14.0. The van der Waals surface area contributed by atoms with Gasteiger partial charge in [-0.2, -0.15) is 0 Å². The van der Waals surface area contributed by atoms with Gasteiger partial charge in [-0.1, -0.05) is 31.5 Å². The van der Waals surface area contributed by atoms with E-state index in [0.29, 0.717) is 5.15 Å². The topological polar surface area (TPSA) is 37.8 Å². The van der Waals surface area contributed by atoms with E-state index in [1.54, 1.807) is 6.07 Å². The third kappa shape index (κ3) is 3.44. The molecule has 1 aromatic carbocycles. The Bertz CT molecular complexity index is 594. The van der Waals surface area contributed by atoms with Crippen molar-refractivity contribution in [3.63, 3.8) is 0 Å². The lowest BCUT2D eigenvalue weighted by molar-refractivity contribution is 0.776. The SMILES string of the molecule is Cc1ccc(Nc2cc(Cl)nc(C(C)C)n2)cc1C. The maximum atomic E-state index is 6.03. The van der Waals surface area contributed by atoms with Crippen LogP contribution in [0.4, 0.5) is 11.5 Å². The molecule has 1 N–H and O–H groups in total. The van der Waals surface area contributed by atoms with Gasteiger partial charge in [0.15, 0.2) is 0 Å². The Morgan fingerprint density at radius 3 is 2.42 bits per heavy atom. The summed E-state index contributed by atoms with van der Waals surface area (Å²) in [4.78, 5) is 8.69. The first-order chi connectivity index (χ1) is 8.95. The van der Waals surface area contributed by atoms with Crippen molar-refractivity contribution in [2.24, 2.45) is 0 Å². The van der Waals surface area contributed by atoms with E-state index in [1.165, 1.54) is 11.1 Å². The number of anilines is 2. The fourth-order valence-corrected chi connectivity index (χ4v) is 1.91. The van der Waals surface area contributed by atoms with Gasteiger partial charge in [-0.3, -0.25) is 0 Å². The number of nitrogens with one attached hydrogen (secondary N) is 1. The summed E-state index contributed by atoms with van der Waals surface area (Å²) in [6.45, 7) is 8.28. The number of benzene rings is 1. The van der Waals surface area contributed by atoms with Crippen molar-refractivity contribution in [1.82, 2.24) is 9.97 Å². The van der Waals surface area contributed by atoms with Crippen molar-refractivity contribution >= 4 is 23.1 Å². The number of rotatable bonds is 3. The van der Waals surface area contributed by atoms with E-state index < -0.39 is 0 Å². The largest absolute Gasteiger partial charge is 0.340 e. The van der Waals surface area contributed by atoms with Crippen LogP contribution in [0.25, 0.3) is 0 Å². The van der Waals surface area contributed by atoms with Crippen molar-refractivity contribution in [2.75, 3.05) is 5.32 Å². The first kappa shape index (κ1) is 13.8. The standard InChI is InChI=1S/C15H18ClN3/c1-9(2)15-18-13(16)8-14(19-15)17-12-6-5-10(3)11(4)7-12/h5-9H,1-4H3,(H,17,18,19). The molecule has 0 spiro atoms. The van der Waals surface area contributed by atoms with Gasteiger partial charge in [0, 0.05) is 17.7 Å². The summed E-state index contributed by atoms with van der Waals surface area (Å²) in [5, 5.41) is 3.74. The number of halogens is 1. The molecule has 0 fully saturated rings. The normalized spacial score (nSPS) is 10.8. The van der Waals surface area contributed by atoms with E-state index in [0.717, 1.165) is 17.3 Å². The lowest BCUT2D eigenvalue weighted by Crippen LogP contribution is -2.02. The summed E-state index contributed by atoms with van der Waals surface area (Å²) in [6, 6.07) is 7.96. The van der Waals surface area contributed by atoms with Crippen molar-refractivity contribution in [3.8, 4) is 0 Å². The molecule has 4 heteroatoms. The highest BCUT2D eigenvalue weighted by atomic mass is 35.5. The second kappa shape index (κ2) is 5.57. The number of aryl methyl sites for hydroxylation is 2. The van der Waals surface area contributed by atoms with Crippen LogP contribution in [0.2, 0.25) is 5.15 Å². The molecule has 0 aliphatic rings. The van der Waals surface area contributed by atoms with Gasteiger partial charge >= 0.3 is 0 Å². The van der Waals surface area contributed by atoms with Crippen LogP contribution in [0.15, 0.2) is 24.3 Å². The minimum absolute atomic E-state index is 0.249. The molecule has 1 heterocycles. The summed E-state index contributed by atoms with van der Waals surface area (Å²) in [5.74, 6) is 1.73. The maximum absolute atomic E-state index is 6.03. The van der Waals surface area contributed by atoms with E-state index in [-0.39, 0.29) is 5.92 Å². The van der Waals surface area contributed by atoms with E-state index in [2.05, 4.69) is 41.3 Å². The number of aromatic nitrogens is 2. The van der Waals surface area contributed by atoms with Crippen LogP contribution < -0.4 is 5.32 Å². The highest BCUT2D eigenvalue weighted by Gasteiger charge is 2.07. The predicted octanol–water partition coefficient (Wildman–Crippen LogP) is 4.61. The summed E-state index contributed by atoms with van der Waals surface area (Å²) >= 11 is 6.03. The van der Waals surface area contributed by atoms with Crippen LogP contribution in [-0.2, 0) is 0 Å². The molecule has 19 heavy (non-hydrogen) atoms. The zero-order valence-electron chi connectivity index (χ0n) is 11.7. The van der Waals surface area contributed by atoms with Crippen LogP contribution in [0.3, 0.4) is 0 Å². The van der Waals surface area contributed by atoms with Crippen LogP contribution in [0.5, 0.6) is 0 Å². The van der Waals surface area contributed by atoms with Crippen molar-refractivity contribution in [1.29, 1.82) is 0 Å². The van der Waals surface area contributed by atoms with Crippen molar-refractivity contribution in [3.05, 3.63) is 46.4 Å². The fraction of sp³-hybridized carbons (Fsp3) is 0.333. The molecule has 0 atom stereocenters. The van der Waals surface area contributed by atoms with E-state index >= 15 is 0 Å². The molecule has 100 valence electrons. The number of hydrogen-bond donors (Lipinski definition) is 1. The van der Waals surface area contributed by atoms with Gasteiger partial charge < -0.3 is 5.32 Å². The average molecular weight is 276 g/mol. The first-order valence-corrected chi connectivity index (χ1v) is 6.72. The molecule has 3 nitrogen and oxygen atoms in total. The molecule has 0 saturated heterocycles. The lowest BCUT2D eigenvalue weighted by atomic mass is 10.1. The van der Waals surface area contributed by atoms with Gasteiger partial charge in [0.05, 0.1) is 0 Å². The van der Waals surface area contributed by atoms with Gasteiger partial charge in [-0.25, -0.2) is 9.97 Å². The molecular weight excluding hydrogens is 258 g/mol. The highest BCUT2D eigenvalue weighted by molar-refractivity contribution is 6.29. The Labute approximate surface area is 119 Å². The molecule has 2 aromatic rings. The first-order valence-electron chi connectivity index (χ1n) is 6.34. The summed E-state index contributed by atoms with van der Waals surface area (Å²) in [5.41, 5.74) is 3.52. The smallest absolute Gasteiger partial charge is 0.135 e. The Kier molecular flexibility index (Phi) is 4.05. The highest BCUT2D eigenvalue weighted by Crippen LogP contribution is 2.22. The van der Waals surface area contributed by atoms with Gasteiger partial charge in [0.25, 0.3) is 0 Å². The third-order valence-corrected chi connectivity index (χ3v) is 3.20. The second-order valence-electron chi connectivity index (χ2n) is 5.01. The second-order valence-corrected chi connectivity index (χ2v) is 5.40. The Morgan fingerprint density at radius 2 is 1.79 bits per heavy atom. The molecule has 0 aliphatic heterocycles. The monoisotopic (exact) mass is 275 g/mol. The Hall–Kier alpha value is -1.61. The average Bonchev–Trinajstić information content (AvgIpc) is 2.33. The molecule has 0 amide bonds. The lowest BCUT2D eigenvalue weighted by Gasteiger charge is -2.11.